The third-order valence-electron chi connectivity index (χ3n) is 4.65. The number of aryl methyl sites for hydroxylation is 2. The van der Waals surface area contributed by atoms with Gasteiger partial charge in [0.05, 0.1) is 0 Å². The van der Waals surface area contributed by atoms with Crippen molar-refractivity contribution in [1.29, 1.82) is 0 Å². The fourth-order valence-corrected chi connectivity index (χ4v) is 3.23. The number of likely N-dealkylation sites (N-methyl/N-ethyl adjacent to an activating group) is 1. The lowest BCUT2D eigenvalue weighted by molar-refractivity contribution is -0.122. The zero-order valence-corrected chi connectivity index (χ0v) is 15.1. The minimum atomic E-state index is -0.359. The Bertz CT molecular complexity index is 860. The van der Waals surface area contributed by atoms with Gasteiger partial charge < -0.3 is 9.88 Å². The van der Waals surface area contributed by atoms with Gasteiger partial charge in [0, 0.05) is 23.6 Å². The van der Waals surface area contributed by atoms with Crippen LogP contribution in [0.15, 0.2) is 36.0 Å². The molecule has 0 aliphatic carbocycles. The Morgan fingerprint density at radius 2 is 1.76 bits per heavy atom. The van der Waals surface area contributed by atoms with Crippen molar-refractivity contribution in [2.24, 2.45) is 0 Å². The molecule has 2 heterocycles. The van der Waals surface area contributed by atoms with E-state index in [1.807, 2.05) is 19.9 Å². The van der Waals surface area contributed by atoms with Gasteiger partial charge in [-0.25, -0.2) is 4.79 Å². The molecule has 0 spiro atoms. The number of carbonyl (C=O) groups is 2. The zero-order valence-electron chi connectivity index (χ0n) is 15.1. The largest absolute Gasteiger partial charge is 0.328 e. The molecule has 1 aromatic heterocycles. The van der Waals surface area contributed by atoms with E-state index in [1.54, 1.807) is 13.0 Å². The van der Waals surface area contributed by atoms with E-state index in [1.165, 1.54) is 10.5 Å². The number of imide groups is 1. The Morgan fingerprint density at radius 1 is 1.08 bits per heavy atom. The second kappa shape index (κ2) is 6.59. The van der Waals surface area contributed by atoms with E-state index >= 15 is 0 Å². The molecule has 25 heavy (non-hydrogen) atoms. The number of hydrogen-bond acceptors (Lipinski definition) is 2. The number of rotatable bonds is 4. The summed E-state index contributed by atoms with van der Waals surface area (Å²) in [5, 5.41) is 2.65. The van der Waals surface area contributed by atoms with Crippen LogP contribution in [-0.4, -0.2) is 28.0 Å². The van der Waals surface area contributed by atoms with E-state index in [0.717, 1.165) is 29.1 Å². The number of nitrogens with zero attached hydrogens (tertiary/aromatic N) is 2. The highest BCUT2D eigenvalue weighted by atomic mass is 16.2. The Morgan fingerprint density at radius 3 is 2.32 bits per heavy atom. The molecule has 1 aliphatic heterocycles. The van der Waals surface area contributed by atoms with Crippen LogP contribution in [0.2, 0.25) is 0 Å². The summed E-state index contributed by atoms with van der Waals surface area (Å²) in [6.45, 7) is 8.34. The van der Waals surface area contributed by atoms with E-state index in [2.05, 4.69) is 41.1 Å². The Balaban J connectivity index is 1.99. The van der Waals surface area contributed by atoms with Gasteiger partial charge in [-0.1, -0.05) is 19.1 Å². The molecule has 1 saturated heterocycles. The Hall–Kier alpha value is -2.82. The lowest BCUT2D eigenvalue weighted by Crippen LogP contribution is -2.30. The fourth-order valence-electron chi connectivity index (χ4n) is 3.23. The lowest BCUT2D eigenvalue weighted by Gasteiger charge is -2.10. The first kappa shape index (κ1) is 17.0. The SMILES string of the molecule is CCc1ccc(-n2c(C)cc(/C=C3/NC(=O)N(CC)C3=O)c2C)cc1. The average molecular weight is 337 g/mol. The van der Waals surface area contributed by atoms with Crippen molar-refractivity contribution in [3.63, 3.8) is 0 Å². The topological polar surface area (TPSA) is 54.3 Å². The van der Waals surface area contributed by atoms with Crippen LogP contribution in [0.3, 0.4) is 0 Å². The summed E-state index contributed by atoms with van der Waals surface area (Å²) in [5.41, 5.74) is 5.76. The minimum absolute atomic E-state index is 0.274. The molecular formula is C20H23N3O2. The molecule has 0 radical (unpaired) electrons. The molecule has 0 saturated carbocycles. The molecule has 0 unspecified atom stereocenters. The molecule has 1 fully saturated rings. The van der Waals surface area contributed by atoms with Crippen molar-refractivity contribution in [2.75, 3.05) is 6.54 Å². The first-order chi connectivity index (χ1) is 12.0. The molecule has 1 N–H and O–H groups in total. The summed E-state index contributed by atoms with van der Waals surface area (Å²) in [6.07, 6.45) is 2.77. The highest BCUT2D eigenvalue weighted by molar-refractivity contribution is 6.14. The van der Waals surface area contributed by atoms with E-state index in [-0.39, 0.29) is 11.9 Å². The maximum absolute atomic E-state index is 12.3. The van der Waals surface area contributed by atoms with Crippen molar-refractivity contribution < 1.29 is 9.59 Å². The molecule has 0 bridgehead atoms. The zero-order chi connectivity index (χ0) is 18.1. The van der Waals surface area contributed by atoms with Crippen LogP contribution in [0.25, 0.3) is 11.8 Å². The first-order valence-corrected chi connectivity index (χ1v) is 8.59. The predicted molar refractivity (Wildman–Crippen MR) is 98.5 cm³/mol. The van der Waals surface area contributed by atoms with Crippen LogP contribution in [-0.2, 0) is 11.2 Å². The number of aromatic nitrogens is 1. The lowest BCUT2D eigenvalue weighted by atomic mass is 10.1. The number of hydrogen-bond donors (Lipinski definition) is 1. The summed E-state index contributed by atoms with van der Waals surface area (Å²) < 4.78 is 2.16. The van der Waals surface area contributed by atoms with Crippen molar-refractivity contribution >= 4 is 18.0 Å². The summed E-state index contributed by atoms with van der Waals surface area (Å²) >= 11 is 0. The number of nitrogens with one attached hydrogen (secondary N) is 1. The van der Waals surface area contributed by atoms with E-state index < -0.39 is 0 Å². The third-order valence-corrected chi connectivity index (χ3v) is 4.65. The predicted octanol–water partition coefficient (Wildman–Crippen LogP) is 3.57. The van der Waals surface area contributed by atoms with Crippen LogP contribution in [0.4, 0.5) is 4.79 Å². The summed E-state index contributed by atoms with van der Waals surface area (Å²) in [5.74, 6) is -0.274. The highest BCUT2D eigenvalue weighted by Crippen LogP contribution is 2.24. The second-order valence-electron chi connectivity index (χ2n) is 6.22. The molecule has 5 heteroatoms. The van der Waals surface area contributed by atoms with Crippen LogP contribution in [0, 0.1) is 13.8 Å². The van der Waals surface area contributed by atoms with Gasteiger partial charge >= 0.3 is 6.03 Å². The Kier molecular flexibility index (Phi) is 4.49. The quantitative estimate of drug-likeness (QED) is 0.685. The van der Waals surface area contributed by atoms with E-state index in [0.29, 0.717) is 12.2 Å². The van der Waals surface area contributed by atoms with Gasteiger partial charge in [-0.2, -0.15) is 0 Å². The van der Waals surface area contributed by atoms with E-state index in [9.17, 15) is 9.59 Å². The monoisotopic (exact) mass is 337 g/mol. The molecule has 1 aromatic carbocycles. The van der Waals surface area contributed by atoms with Gasteiger partial charge in [0.2, 0.25) is 0 Å². The molecule has 130 valence electrons. The molecular weight excluding hydrogens is 314 g/mol. The first-order valence-electron chi connectivity index (χ1n) is 8.59. The number of carbonyl (C=O) groups excluding carboxylic acids is 2. The minimum Gasteiger partial charge on any atom is -0.318 e. The smallest absolute Gasteiger partial charge is 0.318 e. The van der Waals surface area contributed by atoms with Gasteiger partial charge in [-0.3, -0.25) is 9.69 Å². The number of urea groups is 1. The van der Waals surface area contributed by atoms with Crippen LogP contribution >= 0.6 is 0 Å². The summed E-state index contributed by atoms with van der Waals surface area (Å²) in [7, 11) is 0. The number of benzene rings is 1. The fraction of sp³-hybridized carbons (Fsp3) is 0.300. The van der Waals surface area contributed by atoms with E-state index in [4.69, 9.17) is 0 Å². The van der Waals surface area contributed by atoms with Crippen LogP contribution in [0.5, 0.6) is 0 Å². The van der Waals surface area contributed by atoms with Crippen LogP contribution in [0.1, 0.15) is 36.4 Å². The molecule has 0 atom stereocenters. The van der Waals surface area contributed by atoms with Gasteiger partial charge in [0.1, 0.15) is 5.70 Å². The molecule has 3 amide bonds. The van der Waals surface area contributed by atoms with Crippen molar-refractivity contribution in [3.05, 3.63) is 58.5 Å². The average Bonchev–Trinajstić information content (AvgIpc) is 3.03. The van der Waals surface area contributed by atoms with Gasteiger partial charge in [-0.15, -0.1) is 0 Å². The van der Waals surface area contributed by atoms with Crippen molar-refractivity contribution in [3.8, 4) is 5.69 Å². The summed E-state index contributed by atoms with van der Waals surface area (Å²) in [6, 6.07) is 10.2. The van der Waals surface area contributed by atoms with Gasteiger partial charge in [0.15, 0.2) is 0 Å². The van der Waals surface area contributed by atoms with Crippen molar-refractivity contribution in [2.45, 2.75) is 34.1 Å². The molecule has 3 rings (SSSR count). The van der Waals surface area contributed by atoms with Gasteiger partial charge in [0.25, 0.3) is 5.91 Å². The normalized spacial score (nSPS) is 16.0. The second-order valence-corrected chi connectivity index (χ2v) is 6.22. The van der Waals surface area contributed by atoms with Gasteiger partial charge in [-0.05, 0) is 62.6 Å². The number of amides is 3. The highest BCUT2D eigenvalue weighted by Gasteiger charge is 2.32. The Labute approximate surface area is 147 Å². The molecule has 5 nitrogen and oxygen atoms in total. The standard InChI is InChI=1S/C20H23N3O2/c1-5-15-7-9-17(10-8-15)23-13(3)11-16(14(23)4)12-18-19(24)22(6-2)20(25)21-18/h7-12H,5-6H2,1-4H3,(H,21,25)/b18-12+. The molecule has 2 aromatic rings. The van der Waals surface area contributed by atoms with Crippen LogP contribution < -0.4 is 5.32 Å². The maximum atomic E-state index is 12.3. The maximum Gasteiger partial charge on any atom is 0.328 e. The third kappa shape index (κ3) is 2.97. The van der Waals surface area contributed by atoms with Crippen molar-refractivity contribution in [1.82, 2.24) is 14.8 Å². The summed E-state index contributed by atoms with van der Waals surface area (Å²) in [4.78, 5) is 25.3. The molecule has 1 aliphatic rings.